The Balaban J connectivity index is 2.10. The Morgan fingerprint density at radius 2 is 1.70 bits per heavy atom. The lowest BCUT2D eigenvalue weighted by molar-refractivity contribution is -0.462. The molecule has 4 nitrogen and oxygen atoms in total. The van der Waals surface area contributed by atoms with Crippen LogP contribution in [0.1, 0.15) is 21.5 Å². The fourth-order valence-electron chi connectivity index (χ4n) is 2.58. The Morgan fingerprint density at radius 3 is 2.45 bits per heavy atom. The second-order valence-corrected chi connectivity index (χ2v) is 4.85. The maximum absolute atomic E-state index is 11.3. The summed E-state index contributed by atoms with van der Waals surface area (Å²) in [5, 5.41) is 9.30. The molecule has 0 saturated heterocycles. The summed E-state index contributed by atoms with van der Waals surface area (Å²) in [6.45, 7) is 0.603. The molecular formula is C16H15N2O2+. The number of carboxylic acids is 1. The van der Waals surface area contributed by atoms with E-state index in [2.05, 4.69) is 12.1 Å². The van der Waals surface area contributed by atoms with Gasteiger partial charge in [-0.1, -0.05) is 36.4 Å². The van der Waals surface area contributed by atoms with Gasteiger partial charge in [0.05, 0.1) is 6.42 Å². The lowest BCUT2D eigenvalue weighted by Gasteiger charge is -2.19. The molecule has 1 heterocycles. The number of carboxylic acid groups (broad SMARTS) is 1. The molecule has 0 fully saturated rings. The number of amidine groups is 1. The standard InChI is InChI=1S/C16H14N2O2/c17-15-9-11-5-1-2-6-12(11)10-18(15)14-8-4-3-7-13(14)16(19)20/h1-8,17H,9-10H2,(H,19,20)/p+1. The summed E-state index contributed by atoms with van der Waals surface area (Å²) in [5.74, 6) is -0.260. The van der Waals surface area contributed by atoms with Gasteiger partial charge in [-0.2, -0.15) is 0 Å². The van der Waals surface area contributed by atoms with E-state index in [1.165, 1.54) is 11.1 Å². The van der Waals surface area contributed by atoms with Crippen molar-refractivity contribution < 1.29 is 14.5 Å². The summed E-state index contributed by atoms with van der Waals surface area (Å²) in [7, 11) is 0. The molecule has 0 aromatic heterocycles. The van der Waals surface area contributed by atoms with Crippen LogP contribution in [0.4, 0.5) is 5.69 Å². The highest BCUT2D eigenvalue weighted by Gasteiger charge is 2.24. The summed E-state index contributed by atoms with van der Waals surface area (Å²) >= 11 is 0. The van der Waals surface area contributed by atoms with Crippen LogP contribution >= 0.6 is 0 Å². The summed E-state index contributed by atoms with van der Waals surface area (Å²) in [6.07, 6.45) is 0.643. The van der Waals surface area contributed by atoms with E-state index in [0.29, 0.717) is 24.5 Å². The zero-order valence-corrected chi connectivity index (χ0v) is 10.9. The SMILES string of the molecule is NC1=[N+](c2ccccc2C(=O)O)Cc2ccccc2C1. The number of hydrogen-bond acceptors (Lipinski definition) is 2. The fourth-order valence-corrected chi connectivity index (χ4v) is 2.58. The molecule has 1 aliphatic rings. The van der Waals surface area contributed by atoms with E-state index in [9.17, 15) is 9.90 Å². The quantitative estimate of drug-likeness (QED) is 0.819. The third-order valence-electron chi connectivity index (χ3n) is 3.59. The first-order valence-electron chi connectivity index (χ1n) is 6.45. The first kappa shape index (κ1) is 12.4. The number of carbonyl (C=O) groups is 1. The lowest BCUT2D eigenvalue weighted by atomic mass is 10.00. The number of para-hydroxylation sites is 1. The smallest absolute Gasteiger partial charge is 0.340 e. The van der Waals surface area contributed by atoms with Crippen molar-refractivity contribution in [2.45, 2.75) is 13.0 Å². The topological polar surface area (TPSA) is 66.3 Å². The summed E-state index contributed by atoms with van der Waals surface area (Å²) < 4.78 is 1.88. The van der Waals surface area contributed by atoms with Crippen LogP contribution in [0.25, 0.3) is 0 Å². The van der Waals surface area contributed by atoms with Gasteiger partial charge in [-0.25, -0.2) is 9.37 Å². The average molecular weight is 267 g/mol. The van der Waals surface area contributed by atoms with Gasteiger partial charge < -0.3 is 5.11 Å². The number of nitrogens with two attached hydrogens (primary N) is 1. The van der Waals surface area contributed by atoms with Crippen molar-refractivity contribution in [1.29, 1.82) is 0 Å². The van der Waals surface area contributed by atoms with Gasteiger partial charge in [-0.15, -0.1) is 0 Å². The van der Waals surface area contributed by atoms with Gasteiger partial charge in [0, 0.05) is 0 Å². The first-order chi connectivity index (χ1) is 9.66. The van der Waals surface area contributed by atoms with E-state index in [-0.39, 0.29) is 5.56 Å². The van der Waals surface area contributed by atoms with Crippen LogP contribution in [0.3, 0.4) is 0 Å². The summed E-state index contributed by atoms with van der Waals surface area (Å²) in [5.41, 5.74) is 9.45. The normalized spacial score (nSPS) is 14.0. The summed E-state index contributed by atoms with van der Waals surface area (Å²) in [4.78, 5) is 11.3. The average Bonchev–Trinajstić information content (AvgIpc) is 2.46. The van der Waals surface area contributed by atoms with Gasteiger partial charge in [0.1, 0.15) is 17.8 Å². The monoisotopic (exact) mass is 267 g/mol. The van der Waals surface area contributed by atoms with Crippen molar-refractivity contribution in [2.75, 3.05) is 0 Å². The maximum Gasteiger partial charge on any atom is 0.340 e. The van der Waals surface area contributed by atoms with Gasteiger partial charge >= 0.3 is 5.97 Å². The van der Waals surface area contributed by atoms with Crippen LogP contribution in [0.15, 0.2) is 48.5 Å². The molecule has 100 valence electrons. The molecule has 0 unspecified atom stereocenters. The van der Waals surface area contributed by atoms with Crippen LogP contribution in [-0.2, 0) is 13.0 Å². The largest absolute Gasteiger partial charge is 0.478 e. The molecule has 0 saturated carbocycles. The molecular weight excluding hydrogens is 252 g/mol. The summed E-state index contributed by atoms with van der Waals surface area (Å²) in [6, 6.07) is 15.0. The number of nitrogens with zero attached hydrogens (tertiary/aromatic N) is 1. The van der Waals surface area contributed by atoms with Crippen molar-refractivity contribution in [2.24, 2.45) is 5.73 Å². The first-order valence-corrected chi connectivity index (χ1v) is 6.45. The van der Waals surface area contributed by atoms with E-state index >= 15 is 0 Å². The zero-order chi connectivity index (χ0) is 14.1. The second kappa shape index (κ2) is 4.81. The molecule has 3 rings (SSSR count). The van der Waals surface area contributed by atoms with Crippen LogP contribution in [0, 0.1) is 0 Å². The lowest BCUT2D eigenvalue weighted by Crippen LogP contribution is -2.32. The van der Waals surface area contributed by atoms with Crippen molar-refractivity contribution in [1.82, 2.24) is 0 Å². The minimum Gasteiger partial charge on any atom is -0.478 e. The van der Waals surface area contributed by atoms with Gasteiger partial charge in [0.15, 0.2) is 0 Å². The van der Waals surface area contributed by atoms with Gasteiger partial charge in [0.2, 0.25) is 0 Å². The molecule has 0 bridgehead atoms. The molecule has 3 N–H and O–H groups in total. The predicted octanol–water partition coefficient (Wildman–Crippen LogP) is 2.14. The molecule has 2 aromatic rings. The van der Waals surface area contributed by atoms with Crippen molar-refractivity contribution in [3.63, 3.8) is 0 Å². The second-order valence-electron chi connectivity index (χ2n) is 4.85. The van der Waals surface area contributed by atoms with Crippen molar-refractivity contribution in [3.05, 3.63) is 65.2 Å². The highest BCUT2D eigenvalue weighted by Crippen LogP contribution is 2.25. The molecule has 1 aliphatic heterocycles. The molecule has 0 atom stereocenters. The molecule has 4 heteroatoms. The number of benzene rings is 2. The highest BCUT2D eigenvalue weighted by molar-refractivity contribution is 5.93. The fraction of sp³-hybridized carbons (Fsp3) is 0.125. The highest BCUT2D eigenvalue weighted by atomic mass is 16.4. The van der Waals surface area contributed by atoms with E-state index in [1.807, 2.05) is 22.8 Å². The third kappa shape index (κ3) is 2.05. The molecule has 2 aromatic carbocycles. The van der Waals surface area contributed by atoms with Gasteiger partial charge in [-0.05, 0) is 23.3 Å². The molecule has 20 heavy (non-hydrogen) atoms. The van der Waals surface area contributed by atoms with E-state index < -0.39 is 5.97 Å². The van der Waals surface area contributed by atoms with E-state index in [0.717, 1.165) is 0 Å². The Hall–Kier alpha value is -2.62. The zero-order valence-electron chi connectivity index (χ0n) is 10.9. The number of hydrogen-bond donors (Lipinski definition) is 2. The number of aromatic carboxylic acids is 1. The Labute approximate surface area is 116 Å². The van der Waals surface area contributed by atoms with E-state index in [1.54, 1.807) is 18.2 Å². The Morgan fingerprint density at radius 1 is 1.05 bits per heavy atom. The van der Waals surface area contributed by atoms with Crippen molar-refractivity contribution >= 4 is 17.5 Å². The van der Waals surface area contributed by atoms with Crippen LogP contribution in [0.5, 0.6) is 0 Å². The molecule has 0 radical (unpaired) electrons. The number of rotatable bonds is 2. The minimum absolute atomic E-state index is 0.273. The van der Waals surface area contributed by atoms with Crippen LogP contribution < -0.4 is 5.73 Å². The van der Waals surface area contributed by atoms with Crippen molar-refractivity contribution in [3.8, 4) is 0 Å². The number of fused-ring (bicyclic) bond motifs is 1. The Kier molecular flexibility index (Phi) is 2.99. The van der Waals surface area contributed by atoms with E-state index in [4.69, 9.17) is 5.73 Å². The molecule has 0 spiro atoms. The maximum atomic E-state index is 11.3. The van der Waals surface area contributed by atoms with Gasteiger partial charge in [0.25, 0.3) is 5.84 Å². The van der Waals surface area contributed by atoms with Crippen LogP contribution in [0.2, 0.25) is 0 Å². The molecule has 0 amide bonds. The minimum atomic E-state index is -0.938. The van der Waals surface area contributed by atoms with Crippen LogP contribution in [-0.4, -0.2) is 21.5 Å². The molecule has 0 aliphatic carbocycles. The Bertz CT molecular complexity index is 720. The predicted molar refractivity (Wildman–Crippen MR) is 76.4 cm³/mol. The third-order valence-corrected chi connectivity index (χ3v) is 3.59. The van der Waals surface area contributed by atoms with Gasteiger partial charge in [-0.3, -0.25) is 5.73 Å².